The molecule has 0 radical (unpaired) electrons. The van der Waals surface area contributed by atoms with E-state index in [2.05, 4.69) is 10.5 Å². The molecule has 1 aliphatic heterocycles. The molecule has 0 saturated carbocycles. The summed E-state index contributed by atoms with van der Waals surface area (Å²) < 4.78 is 57.2. The second-order valence-corrected chi connectivity index (χ2v) is 9.64. The van der Waals surface area contributed by atoms with Gasteiger partial charge in [-0.25, -0.2) is 18.2 Å². The van der Waals surface area contributed by atoms with Crippen LogP contribution in [0.3, 0.4) is 0 Å². The molecule has 0 atom stereocenters. The largest absolute Gasteiger partial charge is 0.490 e. The van der Waals surface area contributed by atoms with Crippen LogP contribution in [0.25, 0.3) is 0 Å². The van der Waals surface area contributed by atoms with E-state index >= 15 is 0 Å². The highest BCUT2D eigenvalue weighted by Gasteiger charge is 2.29. The van der Waals surface area contributed by atoms with Crippen molar-refractivity contribution in [3.05, 3.63) is 82.2 Å². The molecule has 0 saturated heterocycles. The fraction of sp³-hybridized carbons (Fsp3) is 0.167. The minimum Gasteiger partial charge on any atom is -0.490 e. The molecule has 12 nitrogen and oxygen atoms in total. The third-order valence-corrected chi connectivity index (χ3v) is 7.08. The Kier molecular flexibility index (Phi) is 7.71. The fourth-order valence-electron chi connectivity index (χ4n) is 3.51. The maximum absolute atomic E-state index is 13.5. The zero-order chi connectivity index (χ0) is 27.3. The van der Waals surface area contributed by atoms with Gasteiger partial charge in [-0.3, -0.25) is 19.2 Å². The number of hydrazone groups is 1. The molecule has 0 unspecified atom stereocenters. The standard InChI is InChI=1S/C24H21FN4O8S/c1-35-21-8-2-16(12-20(21)29(31)32)14-26-27-24(30)15-28(18-5-3-17(25)4-6-18)38(33,34)19-7-9-22-23(13-19)37-11-10-36-22/h2-9,12-14H,10-11,15H2,1H3,(H,27,30)/b26-14-. The Hall–Kier alpha value is -4.72. The molecule has 4 rings (SSSR count). The molecule has 198 valence electrons. The van der Waals surface area contributed by atoms with Gasteiger partial charge in [0.05, 0.1) is 28.8 Å². The van der Waals surface area contributed by atoms with Gasteiger partial charge in [0.2, 0.25) is 0 Å². The second kappa shape index (κ2) is 11.1. The van der Waals surface area contributed by atoms with Crippen LogP contribution in [-0.2, 0) is 14.8 Å². The van der Waals surface area contributed by atoms with Gasteiger partial charge in [-0.2, -0.15) is 5.10 Å². The molecule has 0 bridgehead atoms. The van der Waals surface area contributed by atoms with Crippen LogP contribution in [0.15, 0.2) is 70.7 Å². The number of anilines is 1. The molecule has 1 aliphatic rings. The van der Waals surface area contributed by atoms with E-state index in [-0.39, 0.29) is 39.9 Å². The van der Waals surface area contributed by atoms with Crippen molar-refractivity contribution in [2.45, 2.75) is 4.90 Å². The highest BCUT2D eigenvalue weighted by molar-refractivity contribution is 7.92. The van der Waals surface area contributed by atoms with Crippen LogP contribution in [-0.4, -0.2) is 52.3 Å². The van der Waals surface area contributed by atoms with Crippen molar-refractivity contribution in [3.63, 3.8) is 0 Å². The topological polar surface area (TPSA) is 150 Å². The molecule has 38 heavy (non-hydrogen) atoms. The Morgan fingerprint density at radius 3 is 2.53 bits per heavy atom. The average molecular weight is 545 g/mol. The van der Waals surface area contributed by atoms with Crippen LogP contribution in [0, 0.1) is 15.9 Å². The number of rotatable bonds is 9. The second-order valence-electron chi connectivity index (χ2n) is 7.78. The molecular weight excluding hydrogens is 523 g/mol. The van der Waals surface area contributed by atoms with Gasteiger partial charge in [0, 0.05) is 17.7 Å². The van der Waals surface area contributed by atoms with E-state index in [4.69, 9.17) is 14.2 Å². The lowest BCUT2D eigenvalue weighted by molar-refractivity contribution is -0.385. The minimum absolute atomic E-state index is 0.0335. The summed E-state index contributed by atoms with van der Waals surface area (Å²) in [5, 5.41) is 15.0. The number of methoxy groups -OCH3 is 1. The first-order chi connectivity index (χ1) is 18.2. The fourth-order valence-corrected chi connectivity index (χ4v) is 4.95. The molecule has 0 fully saturated rings. The van der Waals surface area contributed by atoms with Gasteiger partial charge in [-0.05, 0) is 48.5 Å². The van der Waals surface area contributed by atoms with Crippen molar-refractivity contribution in [1.82, 2.24) is 5.43 Å². The normalized spacial score (nSPS) is 12.7. The summed E-state index contributed by atoms with van der Waals surface area (Å²) in [7, 11) is -3.03. The van der Waals surface area contributed by atoms with Gasteiger partial charge in [-0.1, -0.05) is 0 Å². The Morgan fingerprint density at radius 2 is 1.84 bits per heavy atom. The average Bonchev–Trinajstić information content (AvgIpc) is 2.92. The summed E-state index contributed by atoms with van der Waals surface area (Å²) in [4.78, 5) is 23.1. The number of carbonyl (C=O) groups excluding carboxylic acids is 1. The molecule has 0 aromatic heterocycles. The predicted molar refractivity (Wildman–Crippen MR) is 134 cm³/mol. The van der Waals surface area contributed by atoms with Crippen molar-refractivity contribution >= 4 is 33.5 Å². The van der Waals surface area contributed by atoms with Crippen LogP contribution >= 0.6 is 0 Å². The summed E-state index contributed by atoms with van der Waals surface area (Å²) in [5.74, 6) is -0.744. The SMILES string of the molecule is COc1ccc(/C=N\NC(=O)CN(c2ccc(F)cc2)S(=O)(=O)c2ccc3c(c2)OCCO3)cc1[N+](=O)[O-]. The number of hydrogen-bond acceptors (Lipinski definition) is 9. The van der Waals surface area contributed by atoms with Crippen molar-refractivity contribution in [3.8, 4) is 17.2 Å². The summed E-state index contributed by atoms with van der Waals surface area (Å²) in [6.45, 7) is -0.135. The first-order valence-electron chi connectivity index (χ1n) is 11.0. The van der Waals surface area contributed by atoms with E-state index in [1.807, 2.05) is 0 Å². The third-order valence-electron chi connectivity index (χ3n) is 5.31. The van der Waals surface area contributed by atoms with Gasteiger partial charge < -0.3 is 14.2 Å². The number of nitrogens with one attached hydrogen (secondary N) is 1. The summed E-state index contributed by atoms with van der Waals surface area (Å²) in [6, 6.07) is 12.7. The quantitative estimate of drug-likeness (QED) is 0.246. The number of sulfonamides is 1. The lowest BCUT2D eigenvalue weighted by Crippen LogP contribution is -2.39. The Balaban J connectivity index is 1.56. The molecule has 0 aliphatic carbocycles. The number of fused-ring (bicyclic) bond motifs is 1. The van der Waals surface area contributed by atoms with Gasteiger partial charge in [0.15, 0.2) is 17.2 Å². The highest BCUT2D eigenvalue weighted by atomic mass is 32.2. The summed E-state index contributed by atoms with van der Waals surface area (Å²) >= 11 is 0. The zero-order valence-electron chi connectivity index (χ0n) is 19.9. The zero-order valence-corrected chi connectivity index (χ0v) is 20.7. The number of ether oxygens (including phenoxy) is 3. The third kappa shape index (κ3) is 5.81. The van der Waals surface area contributed by atoms with Crippen LogP contribution in [0.1, 0.15) is 5.56 Å². The molecule has 3 aromatic carbocycles. The van der Waals surface area contributed by atoms with Crippen molar-refractivity contribution in [2.75, 3.05) is 31.2 Å². The van der Waals surface area contributed by atoms with Crippen molar-refractivity contribution < 1.29 is 36.7 Å². The van der Waals surface area contributed by atoms with Crippen LogP contribution in [0.5, 0.6) is 17.2 Å². The number of nitro groups is 1. The molecular formula is C24H21FN4O8S. The van der Waals surface area contributed by atoms with Gasteiger partial charge in [0.1, 0.15) is 25.6 Å². The lowest BCUT2D eigenvalue weighted by Gasteiger charge is -2.25. The van der Waals surface area contributed by atoms with E-state index in [9.17, 15) is 27.7 Å². The summed E-state index contributed by atoms with van der Waals surface area (Å²) in [5.41, 5.74) is 2.22. The number of nitro benzene ring substituents is 1. The monoisotopic (exact) mass is 544 g/mol. The summed E-state index contributed by atoms with van der Waals surface area (Å²) in [6.07, 6.45) is 1.15. The molecule has 1 heterocycles. The molecule has 1 N–H and O–H groups in total. The first kappa shape index (κ1) is 26.3. The number of nitrogens with zero attached hydrogens (tertiary/aromatic N) is 3. The van der Waals surface area contributed by atoms with Gasteiger partial charge in [0.25, 0.3) is 15.9 Å². The molecule has 1 amide bonds. The first-order valence-corrected chi connectivity index (χ1v) is 12.5. The van der Waals surface area contributed by atoms with E-state index in [1.54, 1.807) is 0 Å². The lowest BCUT2D eigenvalue weighted by atomic mass is 10.2. The van der Waals surface area contributed by atoms with Gasteiger partial charge >= 0.3 is 5.69 Å². The number of amides is 1. The predicted octanol–water partition coefficient (Wildman–Crippen LogP) is 2.86. The minimum atomic E-state index is -4.32. The van der Waals surface area contributed by atoms with Crippen molar-refractivity contribution in [1.29, 1.82) is 0 Å². The number of carbonyl (C=O) groups is 1. The Bertz CT molecular complexity index is 1500. The van der Waals surface area contributed by atoms with E-state index in [0.717, 1.165) is 22.7 Å². The maximum atomic E-state index is 13.5. The van der Waals surface area contributed by atoms with Crippen LogP contribution < -0.4 is 23.9 Å². The highest BCUT2D eigenvalue weighted by Crippen LogP contribution is 2.34. The Morgan fingerprint density at radius 1 is 1.13 bits per heavy atom. The van der Waals surface area contributed by atoms with E-state index < -0.39 is 33.2 Å². The van der Waals surface area contributed by atoms with Crippen LogP contribution in [0.2, 0.25) is 0 Å². The molecule has 14 heteroatoms. The number of halogens is 1. The van der Waals surface area contributed by atoms with Gasteiger partial charge in [-0.15, -0.1) is 0 Å². The molecule has 3 aromatic rings. The Labute approximate surface area is 216 Å². The number of benzene rings is 3. The molecule has 0 spiro atoms. The maximum Gasteiger partial charge on any atom is 0.311 e. The van der Waals surface area contributed by atoms with Crippen LogP contribution in [0.4, 0.5) is 15.8 Å². The van der Waals surface area contributed by atoms with E-state index in [0.29, 0.717) is 12.4 Å². The van der Waals surface area contributed by atoms with E-state index in [1.165, 1.54) is 55.6 Å². The van der Waals surface area contributed by atoms with Crippen molar-refractivity contribution in [2.24, 2.45) is 5.10 Å². The number of hydrogen-bond donors (Lipinski definition) is 1. The smallest absolute Gasteiger partial charge is 0.311 e.